The van der Waals surface area contributed by atoms with Crippen LogP contribution in [0.2, 0.25) is 0 Å². The highest BCUT2D eigenvalue weighted by Crippen LogP contribution is 2.23. The Hall–Kier alpha value is -0.390. The molecule has 2 rings (SSSR count). The van der Waals surface area contributed by atoms with Gasteiger partial charge in [-0.3, -0.25) is 0 Å². The minimum absolute atomic E-state index is 0.765. The van der Waals surface area contributed by atoms with Gasteiger partial charge in [0.15, 0.2) is 0 Å². The predicted octanol–water partition coefficient (Wildman–Crippen LogP) is 4.60. The van der Waals surface area contributed by atoms with Crippen LogP contribution in [0.25, 0.3) is 0 Å². The molecule has 88 valence electrons. The Morgan fingerprint density at radius 3 is 2.47 bits per heavy atom. The van der Waals surface area contributed by atoms with E-state index in [1.807, 2.05) is 6.07 Å². The van der Waals surface area contributed by atoms with Crippen LogP contribution in [0.3, 0.4) is 0 Å². The molecule has 1 heterocycles. The van der Waals surface area contributed by atoms with Crippen LogP contribution in [-0.4, -0.2) is 9.97 Å². The molecule has 0 spiro atoms. The third kappa shape index (κ3) is 4.08. The normalized spacial score (nSPS) is 10.5. The molecule has 0 bridgehead atoms. The molecule has 5 heteroatoms. The van der Waals surface area contributed by atoms with Crippen LogP contribution in [0.5, 0.6) is 0 Å². The third-order valence-corrected chi connectivity index (χ3v) is 3.87. The number of rotatable bonds is 3. The van der Waals surface area contributed by atoms with E-state index >= 15 is 0 Å². The topological polar surface area (TPSA) is 25.8 Å². The van der Waals surface area contributed by atoms with E-state index in [1.165, 1.54) is 10.5 Å². The first-order valence-corrected chi connectivity index (χ1v) is 7.59. The fraction of sp³-hybridized carbons (Fsp3) is 0.167. The molecule has 0 atom stereocenters. The zero-order chi connectivity index (χ0) is 12.3. The fourth-order valence-electron chi connectivity index (χ4n) is 1.35. The average molecular weight is 374 g/mol. The predicted molar refractivity (Wildman–Crippen MR) is 78.2 cm³/mol. The highest BCUT2D eigenvalue weighted by molar-refractivity contribution is 9.11. The molecular formula is C12H10Br2N2S. The maximum atomic E-state index is 4.33. The van der Waals surface area contributed by atoms with Crippen molar-refractivity contribution in [2.45, 2.75) is 17.6 Å². The minimum Gasteiger partial charge on any atom is -0.225 e. The van der Waals surface area contributed by atoms with Crippen molar-refractivity contribution in [1.82, 2.24) is 9.97 Å². The van der Waals surface area contributed by atoms with Crippen LogP contribution in [0.15, 0.2) is 44.4 Å². The lowest BCUT2D eigenvalue weighted by molar-refractivity contribution is 0.996. The van der Waals surface area contributed by atoms with Gasteiger partial charge in [-0.15, -0.1) is 11.8 Å². The second kappa shape index (κ2) is 5.98. The average Bonchev–Trinajstić information content (AvgIpc) is 2.25. The van der Waals surface area contributed by atoms with Crippen LogP contribution >= 0.6 is 43.6 Å². The molecule has 0 fully saturated rings. The van der Waals surface area contributed by atoms with E-state index in [-0.39, 0.29) is 0 Å². The summed E-state index contributed by atoms with van der Waals surface area (Å²) in [4.78, 5) is 9.89. The second-order valence-corrected chi connectivity index (χ2v) is 6.21. The van der Waals surface area contributed by atoms with E-state index in [0.717, 1.165) is 20.8 Å². The lowest BCUT2D eigenvalue weighted by atomic mass is 10.2. The highest BCUT2D eigenvalue weighted by Gasteiger charge is 2.02. The smallest absolute Gasteiger partial charge is 0.141 e. The van der Waals surface area contributed by atoms with Crippen LogP contribution in [0.1, 0.15) is 11.4 Å². The molecule has 1 aromatic carbocycles. The van der Waals surface area contributed by atoms with Gasteiger partial charge in [-0.1, -0.05) is 17.7 Å². The Morgan fingerprint density at radius 2 is 1.82 bits per heavy atom. The number of halogens is 2. The largest absolute Gasteiger partial charge is 0.225 e. The van der Waals surface area contributed by atoms with Gasteiger partial charge in [0.1, 0.15) is 15.0 Å². The highest BCUT2D eigenvalue weighted by atomic mass is 79.9. The van der Waals surface area contributed by atoms with Crippen molar-refractivity contribution >= 4 is 43.6 Å². The van der Waals surface area contributed by atoms with Crippen molar-refractivity contribution in [3.63, 3.8) is 0 Å². The number of hydrogen-bond donors (Lipinski definition) is 0. The van der Waals surface area contributed by atoms with Gasteiger partial charge in [-0.05, 0) is 50.9 Å². The zero-order valence-corrected chi connectivity index (χ0v) is 13.1. The minimum atomic E-state index is 0.765. The first-order chi connectivity index (χ1) is 8.13. The standard InChI is InChI=1S/C12H10Br2N2S/c1-8-3-2-4-9(5-8)17-7-12-15-10(13)6-11(14)16-12/h2-6H,7H2,1H3. The first-order valence-electron chi connectivity index (χ1n) is 5.02. The first kappa shape index (κ1) is 13.1. The lowest BCUT2D eigenvalue weighted by Crippen LogP contribution is -1.93. The third-order valence-electron chi connectivity index (χ3n) is 2.07. The van der Waals surface area contributed by atoms with Crippen LogP contribution in [0.4, 0.5) is 0 Å². The van der Waals surface area contributed by atoms with Crippen LogP contribution in [0, 0.1) is 6.92 Å². The van der Waals surface area contributed by atoms with Gasteiger partial charge < -0.3 is 0 Å². The van der Waals surface area contributed by atoms with Gasteiger partial charge in [0.2, 0.25) is 0 Å². The Kier molecular flexibility index (Phi) is 4.59. The molecule has 1 aromatic heterocycles. The molecule has 0 saturated carbocycles. The second-order valence-electron chi connectivity index (χ2n) is 3.53. The number of benzene rings is 1. The summed E-state index contributed by atoms with van der Waals surface area (Å²) in [6.07, 6.45) is 0. The molecule has 0 aliphatic carbocycles. The zero-order valence-electron chi connectivity index (χ0n) is 9.15. The van der Waals surface area contributed by atoms with Crippen molar-refractivity contribution in [2.75, 3.05) is 0 Å². The number of nitrogens with zero attached hydrogens (tertiary/aromatic N) is 2. The van der Waals surface area contributed by atoms with Crippen molar-refractivity contribution < 1.29 is 0 Å². The Morgan fingerprint density at radius 1 is 1.12 bits per heavy atom. The monoisotopic (exact) mass is 372 g/mol. The summed E-state index contributed by atoms with van der Waals surface area (Å²) in [5.41, 5.74) is 1.27. The Labute approximate surface area is 122 Å². The van der Waals surface area contributed by atoms with E-state index in [4.69, 9.17) is 0 Å². The summed E-state index contributed by atoms with van der Waals surface area (Å²) >= 11 is 8.46. The van der Waals surface area contributed by atoms with E-state index in [9.17, 15) is 0 Å². The van der Waals surface area contributed by atoms with E-state index in [1.54, 1.807) is 11.8 Å². The van der Waals surface area contributed by atoms with Gasteiger partial charge in [-0.2, -0.15) is 0 Å². The number of aryl methyl sites for hydroxylation is 1. The van der Waals surface area contributed by atoms with Crippen LogP contribution in [-0.2, 0) is 5.75 Å². The summed E-state index contributed by atoms with van der Waals surface area (Å²) in [5.74, 6) is 1.58. The molecule has 0 saturated heterocycles. The summed E-state index contributed by atoms with van der Waals surface area (Å²) in [6, 6.07) is 10.3. The molecule has 0 radical (unpaired) electrons. The van der Waals surface area contributed by atoms with Gasteiger partial charge in [0.05, 0.1) is 5.75 Å². The van der Waals surface area contributed by atoms with Crippen LogP contribution < -0.4 is 0 Å². The molecule has 0 unspecified atom stereocenters. The Bertz CT molecular complexity index is 511. The molecule has 0 aliphatic rings. The summed E-state index contributed by atoms with van der Waals surface area (Å²) in [6.45, 7) is 2.09. The lowest BCUT2D eigenvalue weighted by Gasteiger charge is -2.03. The van der Waals surface area contributed by atoms with E-state index < -0.39 is 0 Å². The molecule has 0 amide bonds. The fourth-order valence-corrected chi connectivity index (χ4v) is 3.37. The quantitative estimate of drug-likeness (QED) is 0.580. The molecule has 2 aromatic rings. The van der Waals surface area contributed by atoms with Crippen molar-refractivity contribution in [3.8, 4) is 0 Å². The summed E-state index contributed by atoms with van der Waals surface area (Å²) in [5, 5.41) is 0. The molecule has 2 nitrogen and oxygen atoms in total. The summed E-state index contributed by atoms with van der Waals surface area (Å²) < 4.78 is 1.61. The maximum absolute atomic E-state index is 4.33. The maximum Gasteiger partial charge on any atom is 0.141 e. The van der Waals surface area contributed by atoms with Gasteiger partial charge >= 0.3 is 0 Å². The van der Waals surface area contributed by atoms with E-state index in [2.05, 4.69) is 73.0 Å². The number of thioether (sulfide) groups is 1. The number of aromatic nitrogens is 2. The van der Waals surface area contributed by atoms with Gasteiger partial charge in [-0.25, -0.2) is 9.97 Å². The summed E-state index contributed by atoms with van der Waals surface area (Å²) in [7, 11) is 0. The molecule has 0 aliphatic heterocycles. The molecular weight excluding hydrogens is 364 g/mol. The molecule has 0 N–H and O–H groups in total. The SMILES string of the molecule is Cc1cccc(SCc2nc(Br)cc(Br)n2)c1. The Balaban J connectivity index is 2.07. The van der Waals surface area contributed by atoms with Gasteiger partial charge in [0, 0.05) is 11.0 Å². The number of hydrogen-bond acceptors (Lipinski definition) is 3. The molecule has 17 heavy (non-hydrogen) atoms. The van der Waals surface area contributed by atoms with Crippen molar-refractivity contribution in [3.05, 3.63) is 50.9 Å². The van der Waals surface area contributed by atoms with Gasteiger partial charge in [0.25, 0.3) is 0 Å². The van der Waals surface area contributed by atoms with Crippen molar-refractivity contribution in [1.29, 1.82) is 0 Å². The van der Waals surface area contributed by atoms with E-state index in [0.29, 0.717) is 0 Å². The van der Waals surface area contributed by atoms with Crippen molar-refractivity contribution in [2.24, 2.45) is 0 Å².